The molecule has 0 aromatic heterocycles. The van der Waals surface area contributed by atoms with E-state index in [1.54, 1.807) is 24.3 Å². The Morgan fingerprint density at radius 2 is 1.82 bits per heavy atom. The topological polar surface area (TPSA) is 78.7 Å². The van der Waals surface area contributed by atoms with Crippen LogP contribution in [-0.2, 0) is 22.6 Å². The molecule has 0 amide bonds. The van der Waals surface area contributed by atoms with Crippen LogP contribution >= 0.6 is 11.6 Å². The maximum absolute atomic E-state index is 14.4. The lowest BCUT2D eigenvalue weighted by Crippen LogP contribution is -2.32. The van der Waals surface area contributed by atoms with Gasteiger partial charge >= 0.3 is 5.97 Å². The second-order valence-corrected chi connectivity index (χ2v) is 7.90. The first kappa shape index (κ1) is 24.2. The van der Waals surface area contributed by atoms with Crippen molar-refractivity contribution in [1.29, 1.82) is 0 Å². The van der Waals surface area contributed by atoms with E-state index < -0.39 is 28.7 Å². The highest BCUT2D eigenvalue weighted by molar-refractivity contribution is 6.31. The number of carbonyl (C=O) groups excluding carboxylic acids is 1. The highest BCUT2D eigenvalue weighted by Gasteiger charge is 2.36. The van der Waals surface area contributed by atoms with E-state index in [9.17, 15) is 19.3 Å². The molecule has 0 fully saturated rings. The number of halogens is 2. The summed E-state index contributed by atoms with van der Waals surface area (Å²) in [5.41, 5.74) is 1.51. The summed E-state index contributed by atoms with van der Waals surface area (Å²) in [6.07, 6.45) is -0.536. The number of nitrogens with zero attached hydrogens (tertiary/aromatic N) is 1. The third kappa shape index (κ3) is 6.52. The molecule has 0 N–H and O–H groups in total. The molecule has 2 atom stereocenters. The molecular formula is C25H23ClFNO5. The minimum atomic E-state index is -1.32. The molecule has 0 radical (unpaired) electrons. The lowest BCUT2D eigenvalue weighted by Gasteiger charge is -2.22. The Morgan fingerprint density at radius 3 is 2.48 bits per heavy atom. The van der Waals surface area contributed by atoms with E-state index in [1.807, 2.05) is 30.3 Å². The molecule has 0 spiro atoms. The van der Waals surface area contributed by atoms with Crippen LogP contribution in [0.5, 0.6) is 5.75 Å². The van der Waals surface area contributed by atoms with Gasteiger partial charge in [0.25, 0.3) is 0 Å². The molecule has 0 aliphatic rings. The smallest absolute Gasteiger partial charge is 0.306 e. The maximum atomic E-state index is 14.4. The molecule has 3 aromatic carbocycles. The van der Waals surface area contributed by atoms with Gasteiger partial charge in [-0.2, -0.15) is 0 Å². The van der Waals surface area contributed by atoms with Crippen molar-refractivity contribution in [1.82, 2.24) is 0 Å². The highest BCUT2D eigenvalue weighted by Crippen LogP contribution is 2.32. The van der Waals surface area contributed by atoms with Crippen LogP contribution in [0.2, 0.25) is 5.02 Å². The minimum Gasteiger partial charge on any atom is -0.489 e. The molecule has 0 saturated carbocycles. The molecular weight excluding hydrogens is 449 g/mol. The van der Waals surface area contributed by atoms with Crippen molar-refractivity contribution in [3.8, 4) is 5.75 Å². The molecule has 0 aliphatic carbocycles. The average Bonchev–Trinajstić information content (AvgIpc) is 2.82. The summed E-state index contributed by atoms with van der Waals surface area (Å²) < 4.78 is 25.0. The van der Waals surface area contributed by atoms with Crippen molar-refractivity contribution < 1.29 is 23.6 Å². The Morgan fingerprint density at radius 1 is 1.09 bits per heavy atom. The van der Waals surface area contributed by atoms with Gasteiger partial charge < -0.3 is 9.47 Å². The van der Waals surface area contributed by atoms with Crippen LogP contribution < -0.4 is 4.74 Å². The summed E-state index contributed by atoms with van der Waals surface area (Å²) in [5, 5.41) is 12.2. The van der Waals surface area contributed by atoms with Gasteiger partial charge in [-0.1, -0.05) is 60.1 Å². The monoisotopic (exact) mass is 471 g/mol. The second-order valence-electron chi connectivity index (χ2n) is 7.49. The second kappa shape index (κ2) is 11.4. The van der Waals surface area contributed by atoms with Gasteiger partial charge in [0.1, 0.15) is 18.2 Å². The fourth-order valence-corrected chi connectivity index (χ4v) is 3.86. The van der Waals surface area contributed by atoms with Crippen LogP contribution in [-0.4, -0.2) is 24.0 Å². The zero-order valence-corrected chi connectivity index (χ0v) is 18.7. The Hall–Kier alpha value is -3.45. The Bertz CT molecular complexity index is 1090. The van der Waals surface area contributed by atoms with Crippen molar-refractivity contribution in [2.75, 3.05) is 7.11 Å². The van der Waals surface area contributed by atoms with Crippen LogP contribution in [0.15, 0.2) is 72.8 Å². The van der Waals surface area contributed by atoms with E-state index in [1.165, 1.54) is 25.3 Å². The van der Waals surface area contributed by atoms with Crippen molar-refractivity contribution in [2.45, 2.75) is 31.4 Å². The highest BCUT2D eigenvalue weighted by atomic mass is 35.5. The standard InChI is InChI=1S/C25H23ClFNO5/c1-32-25(29)15-20(24(28(30)31)14-21-22(26)11-6-12-23(21)27)18-9-5-10-19(13-18)33-16-17-7-3-2-4-8-17/h2-13,20,24H,14-16H2,1H3/t20-,24+/m0/s1. The van der Waals surface area contributed by atoms with E-state index in [4.69, 9.17) is 21.1 Å². The number of ether oxygens (including phenoxy) is 2. The fraction of sp³-hybridized carbons (Fsp3) is 0.240. The van der Waals surface area contributed by atoms with Gasteiger partial charge in [-0.15, -0.1) is 0 Å². The minimum absolute atomic E-state index is 0.0345. The van der Waals surface area contributed by atoms with Gasteiger partial charge in [-0.05, 0) is 35.4 Å². The molecule has 3 rings (SSSR count). The van der Waals surface area contributed by atoms with Gasteiger partial charge in [-0.3, -0.25) is 14.9 Å². The summed E-state index contributed by atoms with van der Waals surface area (Å²) in [6, 6.07) is 19.1. The summed E-state index contributed by atoms with van der Waals surface area (Å²) in [7, 11) is 1.22. The first-order valence-corrected chi connectivity index (χ1v) is 10.7. The van der Waals surface area contributed by atoms with Gasteiger partial charge in [0.05, 0.1) is 19.4 Å². The van der Waals surface area contributed by atoms with Crippen LogP contribution in [0.1, 0.15) is 29.0 Å². The number of rotatable bonds is 10. The first-order valence-electron chi connectivity index (χ1n) is 10.3. The number of esters is 1. The Kier molecular flexibility index (Phi) is 8.38. The van der Waals surface area contributed by atoms with Gasteiger partial charge in [-0.25, -0.2) is 4.39 Å². The summed E-state index contributed by atoms with van der Waals surface area (Å²) in [4.78, 5) is 23.7. The summed E-state index contributed by atoms with van der Waals surface area (Å²) in [6.45, 7) is 0.315. The Balaban J connectivity index is 1.91. The molecule has 6 nitrogen and oxygen atoms in total. The zero-order valence-electron chi connectivity index (χ0n) is 17.9. The quantitative estimate of drug-likeness (QED) is 0.219. The number of nitro groups is 1. The summed E-state index contributed by atoms with van der Waals surface area (Å²) in [5.74, 6) is -1.63. The number of benzene rings is 3. The third-order valence-electron chi connectivity index (χ3n) is 5.36. The largest absolute Gasteiger partial charge is 0.489 e. The summed E-state index contributed by atoms with van der Waals surface area (Å²) >= 11 is 6.11. The lowest BCUT2D eigenvalue weighted by atomic mass is 9.85. The number of hydrogen-bond donors (Lipinski definition) is 0. The number of carbonyl (C=O) groups is 1. The normalized spacial score (nSPS) is 12.6. The molecule has 8 heteroatoms. The van der Waals surface area contributed by atoms with Crippen LogP contribution in [0.25, 0.3) is 0 Å². The number of methoxy groups -OCH3 is 1. The fourth-order valence-electron chi connectivity index (χ4n) is 3.62. The molecule has 0 bridgehead atoms. The molecule has 0 aliphatic heterocycles. The SMILES string of the molecule is COC(=O)C[C@@H](c1cccc(OCc2ccccc2)c1)[C@@H](Cc1c(F)cccc1Cl)[N+](=O)[O-]. The molecule has 0 saturated heterocycles. The van der Waals surface area contributed by atoms with Crippen LogP contribution in [0.3, 0.4) is 0 Å². The average molecular weight is 472 g/mol. The molecule has 33 heavy (non-hydrogen) atoms. The van der Waals surface area contributed by atoms with E-state index in [0.29, 0.717) is 17.9 Å². The van der Waals surface area contributed by atoms with E-state index in [2.05, 4.69) is 0 Å². The predicted molar refractivity (Wildman–Crippen MR) is 122 cm³/mol. The molecule has 3 aromatic rings. The predicted octanol–water partition coefficient (Wildman–Crippen LogP) is 5.59. The van der Waals surface area contributed by atoms with Crippen molar-refractivity contribution in [3.05, 3.63) is 110 Å². The molecule has 0 unspecified atom stereocenters. The van der Waals surface area contributed by atoms with Gasteiger partial charge in [0, 0.05) is 21.9 Å². The Labute approximate surface area is 196 Å². The van der Waals surface area contributed by atoms with Crippen molar-refractivity contribution in [3.63, 3.8) is 0 Å². The van der Waals surface area contributed by atoms with E-state index in [-0.39, 0.29) is 23.4 Å². The molecule has 0 heterocycles. The first-order chi connectivity index (χ1) is 15.9. The van der Waals surface area contributed by atoms with Gasteiger partial charge in [0.2, 0.25) is 6.04 Å². The lowest BCUT2D eigenvalue weighted by molar-refractivity contribution is -0.526. The molecule has 172 valence electrons. The van der Waals surface area contributed by atoms with Crippen molar-refractivity contribution in [2.24, 2.45) is 0 Å². The third-order valence-corrected chi connectivity index (χ3v) is 5.71. The van der Waals surface area contributed by atoms with Crippen LogP contribution in [0.4, 0.5) is 4.39 Å². The van der Waals surface area contributed by atoms with E-state index >= 15 is 0 Å². The van der Waals surface area contributed by atoms with Gasteiger partial charge in [0.15, 0.2) is 0 Å². The van der Waals surface area contributed by atoms with Crippen molar-refractivity contribution >= 4 is 17.6 Å². The van der Waals surface area contributed by atoms with Crippen LogP contribution in [0, 0.1) is 15.9 Å². The van der Waals surface area contributed by atoms with E-state index in [0.717, 1.165) is 5.56 Å². The number of hydrogen-bond acceptors (Lipinski definition) is 5. The zero-order chi connectivity index (χ0) is 23.8. The maximum Gasteiger partial charge on any atom is 0.306 e.